The van der Waals surface area contributed by atoms with E-state index in [1.54, 1.807) is 19.9 Å². The molecule has 1 aromatic rings. The van der Waals surface area contributed by atoms with Gasteiger partial charge in [0.15, 0.2) is 0 Å². The summed E-state index contributed by atoms with van der Waals surface area (Å²) >= 11 is 6.05. The molecule has 0 saturated heterocycles. The Hall–Kier alpha value is -1.26. The number of rotatable bonds is 5. The van der Waals surface area contributed by atoms with Crippen LogP contribution in [0, 0.1) is 5.41 Å². The lowest BCUT2D eigenvalue weighted by atomic mass is 9.95. The molecule has 0 aliphatic rings. The van der Waals surface area contributed by atoms with Gasteiger partial charge in [0.2, 0.25) is 0 Å². The predicted octanol–water partition coefficient (Wildman–Crippen LogP) is 2.38. The quantitative estimate of drug-likeness (QED) is 0.835. The first-order chi connectivity index (χ1) is 8.42. The van der Waals surface area contributed by atoms with E-state index >= 15 is 0 Å². The van der Waals surface area contributed by atoms with Gasteiger partial charge in [-0.15, -0.1) is 0 Å². The van der Waals surface area contributed by atoms with Crippen molar-refractivity contribution in [2.45, 2.75) is 20.4 Å². The van der Waals surface area contributed by atoms with Crippen molar-refractivity contribution in [1.82, 2.24) is 0 Å². The number of carbonyl (C=O) groups excluding carboxylic acids is 1. The molecule has 5 heteroatoms. The number of hydrogen-bond acceptors (Lipinski definition) is 4. The molecule has 0 unspecified atom stereocenters. The van der Waals surface area contributed by atoms with Crippen molar-refractivity contribution < 1.29 is 14.3 Å². The van der Waals surface area contributed by atoms with Crippen LogP contribution >= 0.6 is 11.6 Å². The van der Waals surface area contributed by atoms with Crippen LogP contribution in [-0.2, 0) is 16.1 Å². The van der Waals surface area contributed by atoms with E-state index in [1.165, 1.54) is 7.11 Å². The number of para-hydroxylation sites is 1. The van der Waals surface area contributed by atoms with E-state index in [0.717, 1.165) is 5.56 Å². The molecule has 0 aromatic heterocycles. The van der Waals surface area contributed by atoms with Crippen LogP contribution in [0.1, 0.15) is 19.4 Å². The fraction of sp³-hybridized carbons (Fsp3) is 0.462. The summed E-state index contributed by atoms with van der Waals surface area (Å²) < 4.78 is 10.3. The molecule has 0 fully saturated rings. The summed E-state index contributed by atoms with van der Waals surface area (Å²) in [7, 11) is 1.35. The van der Waals surface area contributed by atoms with Gasteiger partial charge in [0.05, 0.1) is 17.5 Å². The van der Waals surface area contributed by atoms with Crippen molar-refractivity contribution in [3.05, 3.63) is 28.8 Å². The van der Waals surface area contributed by atoms with Crippen molar-refractivity contribution >= 4 is 17.6 Å². The lowest BCUT2D eigenvalue weighted by Crippen LogP contribution is -2.32. The zero-order chi connectivity index (χ0) is 13.8. The predicted molar refractivity (Wildman–Crippen MR) is 70.6 cm³/mol. The number of hydrogen-bond donors (Lipinski definition) is 1. The van der Waals surface area contributed by atoms with Crippen molar-refractivity contribution in [3.63, 3.8) is 0 Å². The molecule has 1 rings (SSSR count). The highest BCUT2D eigenvalue weighted by atomic mass is 35.5. The number of esters is 1. The Balaban J connectivity index is 2.83. The van der Waals surface area contributed by atoms with E-state index in [0.29, 0.717) is 17.3 Å². The molecule has 4 nitrogen and oxygen atoms in total. The number of ether oxygens (including phenoxy) is 2. The summed E-state index contributed by atoms with van der Waals surface area (Å²) in [5.41, 5.74) is 5.69. The SMILES string of the molecule is COC(=O)C(C)(C)COc1c(Cl)cccc1CN. The van der Waals surface area contributed by atoms with Gasteiger partial charge in [0, 0.05) is 12.1 Å². The van der Waals surface area contributed by atoms with Gasteiger partial charge in [0.1, 0.15) is 12.4 Å². The minimum atomic E-state index is -0.736. The van der Waals surface area contributed by atoms with Crippen LogP contribution in [0.4, 0.5) is 0 Å². The Morgan fingerprint density at radius 2 is 2.11 bits per heavy atom. The average Bonchev–Trinajstić information content (AvgIpc) is 2.35. The van der Waals surface area contributed by atoms with E-state index in [2.05, 4.69) is 0 Å². The molecule has 0 bridgehead atoms. The van der Waals surface area contributed by atoms with Crippen LogP contribution in [0.15, 0.2) is 18.2 Å². The Kier molecular flexibility index (Phi) is 4.99. The fourth-order valence-electron chi connectivity index (χ4n) is 1.46. The van der Waals surface area contributed by atoms with Gasteiger partial charge in [0.25, 0.3) is 0 Å². The van der Waals surface area contributed by atoms with Crippen molar-refractivity contribution in [1.29, 1.82) is 0 Å². The van der Waals surface area contributed by atoms with Crippen molar-refractivity contribution in [3.8, 4) is 5.75 Å². The zero-order valence-corrected chi connectivity index (χ0v) is 11.6. The van der Waals surface area contributed by atoms with Crippen LogP contribution in [-0.4, -0.2) is 19.7 Å². The lowest BCUT2D eigenvalue weighted by molar-refractivity contribution is -0.152. The number of benzene rings is 1. The van der Waals surface area contributed by atoms with Gasteiger partial charge < -0.3 is 15.2 Å². The van der Waals surface area contributed by atoms with Gasteiger partial charge in [-0.3, -0.25) is 4.79 Å². The van der Waals surface area contributed by atoms with E-state index in [-0.39, 0.29) is 12.6 Å². The maximum absolute atomic E-state index is 11.5. The van der Waals surface area contributed by atoms with E-state index in [1.807, 2.05) is 12.1 Å². The second-order valence-corrected chi connectivity index (χ2v) is 5.00. The summed E-state index contributed by atoms with van der Waals surface area (Å²) in [5, 5.41) is 0.485. The first kappa shape index (κ1) is 14.8. The maximum Gasteiger partial charge on any atom is 0.314 e. The molecule has 0 aliphatic heterocycles. The molecule has 1 aromatic carbocycles. The lowest BCUT2D eigenvalue weighted by Gasteiger charge is -2.23. The molecule has 18 heavy (non-hydrogen) atoms. The molecule has 100 valence electrons. The normalized spacial score (nSPS) is 11.2. The third kappa shape index (κ3) is 3.37. The summed E-state index contributed by atoms with van der Waals surface area (Å²) in [6, 6.07) is 5.37. The van der Waals surface area contributed by atoms with Crippen LogP contribution in [0.3, 0.4) is 0 Å². The molecular formula is C13H18ClNO3. The Morgan fingerprint density at radius 3 is 2.67 bits per heavy atom. The second-order valence-electron chi connectivity index (χ2n) is 4.60. The first-order valence-electron chi connectivity index (χ1n) is 5.61. The molecule has 0 aliphatic carbocycles. The molecule has 0 amide bonds. The van der Waals surface area contributed by atoms with Gasteiger partial charge in [-0.25, -0.2) is 0 Å². The molecule has 0 saturated carbocycles. The number of nitrogens with two attached hydrogens (primary N) is 1. The monoisotopic (exact) mass is 271 g/mol. The van der Waals surface area contributed by atoms with Crippen LogP contribution < -0.4 is 10.5 Å². The zero-order valence-electron chi connectivity index (χ0n) is 10.8. The third-order valence-electron chi connectivity index (χ3n) is 2.58. The largest absolute Gasteiger partial charge is 0.491 e. The molecule has 0 heterocycles. The van der Waals surface area contributed by atoms with Crippen LogP contribution in [0.5, 0.6) is 5.75 Å². The summed E-state index contributed by atoms with van der Waals surface area (Å²) in [5.74, 6) is 0.197. The first-order valence-corrected chi connectivity index (χ1v) is 5.99. The summed E-state index contributed by atoms with van der Waals surface area (Å²) in [6.07, 6.45) is 0. The van der Waals surface area contributed by atoms with Crippen molar-refractivity contribution in [2.24, 2.45) is 11.1 Å². The standard InChI is InChI=1S/C13H18ClNO3/c1-13(2,12(16)17-3)8-18-11-9(7-15)5-4-6-10(11)14/h4-6H,7-8,15H2,1-3H3. The molecule has 0 radical (unpaired) electrons. The van der Waals surface area contributed by atoms with E-state index < -0.39 is 5.41 Å². The molecule has 2 N–H and O–H groups in total. The average molecular weight is 272 g/mol. The smallest absolute Gasteiger partial charge is 0.314 e. The van der Waals surface area contributed by atoms with Gasteiger partial charge in [-0.1, -0.05) is 23.7 Å². The van der Waals surface area contributed by atoms with Crippen molar-refractivity contribution in [2.75, 3.05) is 13.7 Å². The Bertz CT molecular complexity index is 432. The van der Waals surface area contributed by atoms with E-state index in [9.17, 15) is 4.79 Å². The van der Waals surface area contributed by atoms with Gasteiger partial charge in [-0.05, 0) is 19.9 Å². The minimum absolute atomic E-state index is 0.177. The van der Waals surface area contributed by atoms with Gasteiger partial charge in [-0.2, -0.15) is 0 Å². The number of carbonyl (C=O) groups is 1. The van der Waals surface area contributed by atoms with Crippen LogP contribution in [0.25, 0.3) is 0 Å². The highest BCUT2D eigenvalue weighted by Crippen LogP contribution is 2.30. The second kappa shape index (κ2) is 6.07. The highest BCUT2D eigenvalue weighted by Gasteiger charge is 2.30. The maximum atomic E-state index is 11.5. The highest BCUT2D eigenvalue weighted by molar-refractivity contribution is 6.32. The Labute approximate surface area is 112 Å². The van der Waals surface area contributed by atoms with Gasteiger partial charge >= 0.3 is 5.97 Å². The summed E-state index contributed by atoms with van der Waals surface area (Å²) in [4.78, 5) is 11.5. The third-order valence-corrected chi connectivity index (χ3v) is 2.88. The molecular weight excluding hydrogens is 254 g/mol. The van der Waals surface area contributed by atoms with E-state index in [4.69, 9.17) is 26.8 Å². The number of methoxy groups -OCH3 is 1. The number of halogens is 1. The summed E-state index contributed by atoms with van der Waals surface area (Å²) in [6.45, 7) is 4.00. The Morgan fingerprint density at radius 1 is 1.44 bits per heavy atom. The minimum Gasteiger partial charge on any atom is -0.491 e. The topological polar surface area (TPSA) is 61.5 Å². The molecule has 0 atom stereocenters. The molecule has 0 spiro atoms. The van der Waals surface area contributed by atoms with Crippen LogP contribution in [0.2, 0.25) is 5.02 Å². The fourth-order valence-corrected chi connectivity index (χ4v) is 1.71.